The summed E-state index contributed by atoms with van der Waals surface area (Å²) in [4.78, 5) is 0. The summed E-state index contributed by atoms with van der Waals surface area (Å²) in [5.74, 6) is -0.270. The van der Waals surface area contributed by atoms with Gasteiger partial charge in [-0.15, -0.1) is 19.8 Å². The third-order valence-electron chi connectivity index (χ3n) is 1.71. The molecule has 1 aromatic rings. The lowest BCUT2D eigenvalue weighted by atomic mass is 10.1. The summed E-state index contributed by atoms with van der Waals surface area (Å²) in [5, 5.41) is 0. The number of ether oxygens (including phenoxy) is 1. The molecule has 0 aliphatic rings. The van der Waals surface area contributed by atoms with Gasteiger partial charge in [-0.05, 0) is 30.2 Å². The summed E-state index contributed by atoms with van der Waals surface area (Å²) in [5.41, 5.74) is 6.54. The Morgan fingerprint density at radius 1 is 1.40 bits per heavy atom. The Labute approximate surface area is 85.2 Å². The predicted octanol–water partition coefficient (Wildman–Crippen LogP) is 2.90. The number of anilines is 1. The molecular formula is C10H10F3NO. The average Bonchev–Trinajstić information content (AvgIpc) is 2.09. The molecule has 0 saturated heterocycles. The van der Waals surface area contributed by atoms with Crippen molar-refractivity contribution in [3.05, 3.63) is 36.4 Å². The van der Waals surface area contributed by atoms with Gasteiger partial charge in [0.15, 0.2) is 0 Å². The standard InChI is InChI=1S/C10H10F3NO/c1-2-3-7-6-8(4-5-9(7)14)15-10(11,12)13/h2,4-6H,1,3,14H2. The highest BCUT2D eigenvalue weighted by Crippen LogP contribution is 2.26. The molecule has 0 bridgehead atoms. The predicted molar refractivity (Wildman–Crippen MR) is 51.4 cm³/mol. The minimum atomic E-state index is -4.68. The minimum absolute atomic E-state index is 0.270. The van der Waals surface area contributed by atoms with E-state index in [0.717, 1.165) is 0 Å². The monoisotopic (exact) mass is 217 g/mol. The summed E-state index contributed by atoms with van der Waals surface area (Å²) >= 11 is 0. The molecule has 0 heterocycles. The smallest absolute Gasteiger partial charge is 0.406 e. The number of hydrogen-bond acceptors (Lipinski definition) is 2. The molecule has 0 aromatic heterocycles. The summed E-state index contributed by atoms with van der Waals surface area (Å²) in [6, 6.07) is 3.81. The first-order valence-electron chi connectivity index (χ1n) is 4.17. The molecule has 5 heteroatoms. The van der Waals surface area contributed by atoms with Gasteiger partial charge in [-0.1, -0.05) is 6.08 Å². The van der Waals surface area contributed by atoms with Crippen LogP contribution < -0.4 is 10.5 Å². The molecule has 2 N–H and O–H groups in total. The van der Waals surface area contributed by atoms with Crippen LogP contribution in [0.5, 0.6) is 5.75 Å². The normalized spacial score (nSPS) is 11.1. The maximum absolute atomic E-state index is 11.9. The van der Waals surface area contributed by atoms with Crippen molar-refractivity contribution in [1.29, 1.82) is 0 Å². The Hall–Kier alpha value is -1.65. The van der Waals surface area contributed by atoms with Gasteiger partial charge >= 0.3 is 6.36 Å². The first-order valence-corrected chi connectivity index (χ1v) is 4.17. The van der Waals surface area contributed by atoms with Crippen molar-refractivity contribution in [3.63, 3.8) is 0 Å². The van der Waals surface area contributed by atoms with Crippen LogP contribution in [-0.4, -0.2) is 6.36 Å². The van der Waals surface area contributed by atoms with Crippen molar-refractivity contribution < 1.29 is 17.9 Å². The van der Waals surface area contributed by atoms with Crippen LogP contribution >= 0.6 is 0 Å². The Morgan fingerprint density at radius 2 is 2.07 bits per heavy atom. The molecule has 0 fully saturated rings. The van der Waals surface area contributed by atoms with E-state index in [9.17, 15) is 13.2 Å². The van der Waals surface area contributed by atoms with Gasteiger partial charge in [0.1, 0.15) is 5.75 Å². The summed E-state index contributed by atoms with van der Waals surface area (Å²) in [6.07, 6.45) is -2.72. The van der Waals surface area contributed by atoms with E-state index in [2.05, 4.69) is 11.3 Å². The van der Waals surface area contributed by atoms with Crippen LogP contribution in [0.4, 0.5) is 18.9 Å². The Bertz CT molecular complexity index is 360. The zero-order chi connectivity index (χ0) is 11.5. The third kappa shape index (κ3) is 3.53. The number of allylic oxidation sites excluding steroid dienone is 1. The highest BCUT2D eigenvalue weighted by atomic mass is 19.4. The Balaban J connectivity index is 2.92. The van der Waals surface area contributed by atoms with Gasteiger partial charge in [0, 0.05) is 5.69 Å². The maximum atomic E-state index is 11.9. The van der Waals surface area contributed by atoms with Gasteiger partial charge in [0.25, 0.3) is 0 Å². The molecular weight excluding hydrogens is 207 g/mol. The van der Waals surface area contributed by atoms with E-state index in [1.807, 2.05) is 0 Å². The molecule has 82 valence electrons. The van der Waals surface area contributed by atoms with Gasteiger partial charge in [0.2, 0.25) is 0 Å². The molecule has 0 saturated carbocycles. The lowest BCUT2D eigenvalue weighted by molar-refractivity contribution is -0.274. The van der Waals surface area contributed by atoms with Crippen molar-refractivity contribution in [2.75, 3.05) is 5.73 Å². The van der Waals surface area contributed by atoms with E-state index in [1.165, 1.54) is 18.2 Å². The number of halogens is 3. The lowest BCUT2D eigenvalue weighted by Crippen LogP contribution is -2.17. The van der Waals surface area contributed by atoms with E-state index in [4.69, 9.17) is 5.73 Å². The number of hydrogen-bond donors (Lipinski definition) is 1. The zero-order valence-electron chi connectivity index (χ0n) is 7.84. The molecule has 0 atom stereocenters. The first kappa shape index (κ1) is 11.4. The van der Waals surface area contributed by atoms with Gasteiger partial charge in [-0.25, -0.2) is 0 Å². The molecule has 1 aromatic carbocycles. The quantitative estimate of drug-likeness (QED) is 0.624. The number of nitrogen functional groups attached to an aromatic ring is 1. The molecule has 0 aliphatic heterocycles. The van der Waals surface area contributed by atoms with Crippen molar-refractivity contribution >= 4 is 5.69 Å². The number of alkyl halides is 3. The van der Waals surface area contributed by atoms with Crippen molar-refractivity contribution in [1.82, 2.24) is 0 Å². The van der Waals surface area contributed by atoms with Gasteiger partial charge in [-0.3, -0.25) is 0 Å². The second-order valence-corrected chi connectivity index (χ2v) is 2.90. The van der Waals surface area contributed by atoms with Crippen LogP contribution in [0.1, 0.15) is 5.56 Å². The van der Waals surface area contributed by atoms with Crippen LogP contribution in [0.25, 0.3) is 0 Å². The molecule has 2 nitrogen and oxygen atoms in total. The second kappa shape index (κ2) is 4.25. The summed E-state index contributed by atoms with van der Waals surface area (Å²) < 4.78 is 39.4. The number of rotatable bonds is 3. The van der Waals surface area contributed by atoms with Crippen molar-refractivity contribution in [2.45, 2.75) is 12.8 Å². The largest absolute Gasteiger partial charge is 0.573 e. The zero-order valence-corrected chi connectivity index (χ0v) is 7.84. The minimum Gasteiger partial charge on any atom is -0.406 e. The summed E-state index contributed by atoms with van der Waals surface area (Å²) in [6.45, 7) is 3.48. The number of benzene rings is 1. The van der Waals surface area contributed by atoms with E-state index in [1.54, 1.807) is 6.08 Å². The number of nitrogens with two attached hydrogens (primary N) is 1. The third-order valence-corrected chi connectivity index (χ3v) is 1.71. The average molecular weight is 217 g/mol. The van der Waals surface area contributed by atoms with Gasteiger partial charge in [0.05, 0.1) is 0 Å². The molecule has 0 amide bonds. The fourth-order valence-corrected chi connectivity index (χ4v) is 1.11. The molecule has 0 aliphatic carbocycles. The molecule has 0 spiro atoms. The Morgan fingerprint density at radius 3 is 2.60 bits per heavy atom. The molecule has 0 radical (unpaired) electrons. The first-order chi connectivity index (χ1) is 6.92. The van der Waals surface area contributed by atoms with E-state index >= 15 is 0 Å². The second-order valence-electron chi connectivity index (χ2n) is 2.90. The fourth-order valence-electron chi connectivity index (χ4n) is 1.11. The summed E-state index contributed by atoms with van der Waals surface area (Å²) in [7, 11) is 0. The topological polar surface area (TPSA) is 35.2 Å². The molecule has 0 unspecified atom stereocenters. The van der Waals surface area contributed by atoms with Crippen LogP contribution in [-0.2, 0) is 6.42 Å². The van der Waals surface area contributed by atoms with Gasteiger partial charge < -0.3 is 10.5 Å². The van der Waals surface area contributed by atoms with E-state index in [0.29, 0.717) is 17.7 Å². The Kier molecular flexibility index (Phi) is 3.24. The SMILES string of the molecule is C=CCc1cc(OC(F)(F)F)ccc1N. The molecule has 15 heavy (non-hydrogen) atoms. The van der Waals surface area contributed by atoms with Crippen molar-refractivity contribution in [3.8, 4) is 5.75 Å². The van der Waals surface area contributed by atoms with Crippen LogP contribution in [0.3, 0.4) is 0 Å². The van der Waals surface area contributed by atoms with Crippen molar-refractivity contribution in [2.24, 2.45) is 0 Å². The highest BCUT2D eigenvalue weighted by Gasteiger charge is 2.31. The lowest BCUT2D eigenvalue weighted by Gasteiger charge is -2.10. The van der Waals surface area contributed by atoms with E-state index < -0.39 is 6.36 Å². The van der Waals surface area contributed by atoms with Crippen LogP contribution in [0.15, 0.2) is 30.9 Å². The van der Waals surface area contributed by atoms with Crippen LogP contribution in [0, 0.1) is 0 Å². The van der Waals surface area contributed by atoms with Gasteiger partial charge in [-0.2, -0.15) is 0 Å². The molecule has 1 rings (SSSR count). The fraction of sp³-hybridized carbons (Fsp3) is 0.200. The van der Waals surface area contributed by atoms with Crippen LogP contribution in [0.2, 0.25) is 0 Å². The van der Waals surface area contributed by atoms with E-state index in [-0.39, 0.29) is 5.75 Å². The maximum Gasteiger partial charge on any atom is 0.573 e. The highest BCUT2D eigenvalue weighted by molar-refractivity contribution is 5.51.